The smallest absolute Gasteiger partial charge is 0 e. The molecule has 0 saturated carbocycles. The Hall–Kier alpha value is 1.20. The van der Waals surface area contributed by atoms with Crippen molar-refractivity contribution in [2.75, 3.05) is 0 Å². The third-order valence-electron chi connectivity index (χ3n) is 0. The zero-order valence-corrected chi connectivity index (χ0v) is 5.95. The van der Waals surface area contributed by atoms with Gasteiger partial charge in [0.1, 0.15) is 0 Å². The van der Waals surface area contributed by atoms with Crippen molar-refractivity contribution in [1.82, 2.24) is 0 Å². The molecule has 0 radical (unpaired) electrons. The Kier molecular flexibility index (Phi) is 472. The van der Waals surface area contributed by atoms with E-state index in [0.717, 1.165) is 0 Å². The largest absolute Gasteiger partial charge is 0.870 e. The van der Waals surface area contributed by atoms with Crippen LogP contribution in [-0.2, 0) is 0 Å². The molecule has 4 heteroatoms. The van der Waals surface area contributed by atoms with Crippen LogP contribution in [0.15, 0.2) is 0 Å². The van der Waals surface area contributed by atoms with Gasteiger partial charge >= 0.3 is 0 Å². The van der Waals surface area contributed by atoms with Crippen molar-refractivity contribution in [3.63, 3.8) is 0 Å². The van der Waals surface area contributed by atoms with Crippen LogP contribution in [-0.4, -0.2) is 16.4 Å². The van der Waals surface area contributed by atoms with Gasteiger partial charge < -0.3 is 16.4 Å². The van der Waals surface area contributed by atoms with E-state index in [0.29, 0.717) is 0 Å². The van der Waals surface area contributed by atoms with E-state index in [1.54, 1.807) is 0 Å². The van der Waals surface area contributed by atoms with Gasteiger partial charge in [0.2, 0.25) is 0 Å². The quantitative estimate of drug-likeness (QED) is 0.598. The Balaban J connectivity index is 0. The van der Waals surface area contributed by atoms with E-state index in [1.807, 2.05) is 0 Å². The third kappa shape index (κ3) is 10.7. The van der Waals surface area contributed by atoms with Crippen molar-refractivity contribution in [2.45, 2.75) is 0 Å². The monoisotopic (exact) mass is 283 g/mol. The Bertz CT molecular complexity index is 3.25. The standard InChI is InChI=1S/3H2O.Th/h3*1H2;/p-3. The first-order chi connectivity index (χ1) is 0. The molecule has 0 spiro atoms. The molecule has 0 heterocycles. The fourth-order valence-electron chi connectivity index (χ4n) is 0. The minimum absolute atomic E-state index is 0. The van der Waals surface area contributed by atoms with Crippen LogP contribution in [0.2, 0.25) is 0 Å². The Morgan fingerprint density at radius 1 is 0.500 bits per heavy atom. The topological polar surface area (TPSA) is 90.0 Å². The van der Waals surface area contributed by atoms with Gasteiger partial charge in [0.25, 0.3) is 0 Å². The molecule has 0 aromatic heterocycles. The molecule has 3 nitrogen and oxygen atoms in total. The first-order valence-electron chi connectivity index (χ1n) is 0. The van der Waals surface area contributed by atoms with E-state index >= 15 is 0 Å². The molecule has 0 amide bonds. The first-order valence-corrected chi connectivity index (χ1v) is 0. The fourth-order valence-corrected chi connectivity index (χ4v) is 0. The SMILES string of the molecule is [OH-].[OH-].[OH-].[Th]. The Morgan fingerprint density at radius 3 is 0.500 bits per heavy atom. The molecule has 0 saturated heterocycles. The van der Waals surface area contributed by atoms with Crippen LogP contribution in [0.3, 0.4) is 0 Å². The van der Waals surface area contributed by atoms with Gasteiger partial charge in [-0.2, -0.15) is 0 Å². The Labute approximate surface area is 56.0 Å². The molecule has 0 aliphatic rings. The maximum atomic E-state index is 0. The van der Waals surface area contributed by atoms with Crippen LogP contribution in [0, 0.1) is 39.9 Å². The number of hydrogen-bond donors (Lipinski definition) is 0. The molecule has 0 rings (SSSR count). The molecule has 4 heavy (non-hydrogen) atoms. The summed E-state index contributed by atoms with van der Waals surface area (Å²) in [4.78, 5) is 0. The van der Waals surface area contributed by atoms with Gasteiger partial charge in [-0.1, -0.05) is 0 Å². The molecule has 3 N–H and O–H groups in total. The molecule has 0 aliphatic heterocycles. The predicted octanol–water partition coefficient (Wildman–Crippen LogP) is -0.530. The zero-order valence-electron chi connectivity index (χ0n) is 1.84. The summed E-state index contributed by atoms with van der Waals surface area (Å²) < 4.78 is 0. The van der Waals surface area contributed by atoms with E-state index in [9.17, 15) is 0 Å². The van der Waals surface area contributed by atoms with Crippen molar-refractivity contribution >= 4 is 0 Å². The average molecular weight is 283 g/mol. The average Bonchev–Trinajstić information content (AvgIpc) is 0. The molecule has 0 atom stereocenters. The summed E-state index contributed by atoms with van der Waals surface area (Å²) in [6, 6.07) is 0. The van der Waals surface area contributed by atoms with Gasteiger partial charge in [-0.25, -0.2) is 0 Å². The van der Waals surface area contributed by atoms with Crippen LogP contribution < -0.4 is 0 Å². The molecule has 0 bridgehead atoms. The van der Waals surface area contributed by atoms with Gasteiger partial charge in [-0.05, 0) is 0 Å². The van der Waals surface area contributed by atoms with Crippen molar-refractivity contribution < 1.29 is 56.4 Å². The summed E-state index contributed by atoms with van der Waals surface area (Å²) in [5.41, 5.74) is 0. The van der Waals surface area contributed by atoms with Gasteiger partial charge in [0.15, 0.2) is 0 Å². The van der Waals surface area contributed by atoms with E-state index in [1.165, 1.54) is 0 Å². The van der Waals surface area contributed by atoms with E-state index in [4.69, 9.17) is 0 Å². The van der Waals surface area contributed by atoms with Gasteiger partial charge in [-0.15, -0.1) is 0 Å². The maximum Gasteiger partial charge on any atom is 0 e. The molecular weight excluding hydrogens is 280 g/mol. The van der Waals surface area contributed by atoms with Gasteiger partial charge in [-0.3, -0.25) is 0 Å². The molecular formula is H3O3Th-3. The van der Waals surface area contributed by atoms with Gasteiger partial charge in [0.05, 0.1) is 0 Å². The summed E-state index contributed by atoms with van der Waals surface area (Å²) in [5, 5.41) is 0. The van der Waals surface area contributed by atoms with Crippen LogP contribution in [0.25, 0.3) is 0 Å². The predicted molar refractivity (Wildman–Crippen MR) is 5.81 cm³/mol. The molecule has 0 aromatic carbocycles. The molecule has 0 aliphatic carbocycles. The minimum Gasteiger partial charge on any atom is -0.870 e. The second kappa shape index (κ2) is 29.8. The fraction of sp³-hybridized carbons (Fsp3) is 0. The van der Waals surface area contributed by atoms with Crippen molar-refractivity contribution in [3.05, 3.63) is 0 Å². The molecule has 28 valence electrons. The number of hydrogen-bond acceptors (Lipinski definition) is 3. The maximum absolute atomic E-state index is 0. The molecule has 0 unspecified atom stereocenters. The normalized spacial score (nSPS) is 0. The van der Waals surface area contributed by atoms with E-state index in [-0.39, 0.29) is 56.4 Å². The molecule has 0 aromatic rings. The van der Waals surface area contributed by atoms with Crippen LogP contribution >= 0.6 is 0 Å². The number of rotatable bonds is 0. The van der Waals surface area contributed by atoms with E-state index < -0.39 is 0 Å². The van der Waals surface area contributed by atoms with Crippen LogP contribution in [0.5, 0.6) is 0 Å². The summed E-state index contributed by atoms with van der Waals surface area (Å²) in [6.45, 7) is 0. The van der Waals surface area contributed by atoms with Crippen LogP contribution in [0.1, 0.15) is 0 Å². The summed E-state index contributed by atoms with van der Waals surface area (Å²) >= 11 is 0. The minimum atomic E-state index is 0. The van der Waals surface area contributed by atoms with Crippen molar-refractivity contribution in [2.24, 2.45) is 0 Å². The van der Waals surface area contributed by atoms with Crippen LogP contribution in [0.4, 0.5) is 0 Å². The Morgan fingerprint density at radius 2 is 0.500 bits per heavy atom. The van der Waals surface area contributed by atoms with Crippen molar-refractivity contribution in [1.29, 1.82) is 0 Å². The third-order valence-corrected chi connectivity index (χ3v) is 0. The summed E-state index contributed by atoms with van der Waals surface area (Å²) in [6.07, 6.45) is 0. The van der Waals surface area contributed by atoms with Crippen molar-refractivity contribution in [3.8, 4) is 0 Å². The summed E-state index contributed by atoms with van der Waals surface area (Å²) in [5.74, 6) is 0. The second-order valence-corrected chi connectivity index (χ2v) is 0. The first kappa shape index (κ1) is 63.4. The van der Waals surface area contributed by atoms with Gasteiger partial charge in [0, 0.05) is 39.9 Å². The zero-order chi connectivity index (χ0) is 0. The van der Waals surface area contributed by atoms with E-state index in [2.05, 4.69) is 0 Å². The molecule has 0 fully saturated rings. The summed E-state index contributed by atoms with van der Waals surface area (Å²) in [7, 11) is 0. The second-order valence-electron chi connectivity index (χ2n) is 0.